The van der Waals surface area contributed by atoms with E-state index in [0.29, 0.717) is 16.8 Å². The van der Waals surface area contributed by atoms with Crippen molar-refractivity contribution < 1.29 is 41.4 Å². The summed E-state index contributed by atoms with van der Waals surface area (Å²) in [6.45, 7) is 2.20. The number of hydrogen-bond acceptors (Lipinski definition) is 6. The number of nitrogens with zero attached hydrogens (tertiary/aromatic N) is 1. The van der Waals surface area contributed by atoms with Gasteiger partial charge < -0.3 is 19.4 Å². The average molecular weight is 585 g/mol. The molecule has 0 saturated carbocycles. The second-order valence-electron chi connectivity index (χ2n) is 8.72. The van der Waals surface area contributed by atoms with Crippen LogP contribution in [0.4, 0.5) is 17.6 Å². The number of rotatable bonds is 12. The summed E-state index contributed by atoms with van der Waals surface area (Å²) in [5.74, 6) is -11.5. The molecule has 40 heavy (non-hydrogen) atoms. The van der Waals surface area contributed by atoms with Gasteiger partial charge in [-0.05, 0) is 36.4 Å². The van der Waals surface area contributed by atoms with Gasteiger partial charge in [0.05, 0.1) is 13.0 Å². The van der Waals surface area contributed by atoms with Crippen LogP contribution in [-0.2, 0) is 19.1 Å². The maximum Gasteiger partial charge on any atom is 0.308 e. The number of pyridine rings is 1. The molecule has 0 aliphatic heterocycles. The molecule has 214 valence electrons. The number of aromatic nitrogens is 1. The van der Waals surface area contributed by atoms with Gasteiger partial charge in [-0.25, -0.2) is 8.78 Å². The van der Waals surface area contributed by atoms with Crippen molar-refractivity contribution in [3.8, 4) is 5.75 Å². The van der Waals surface area contributed by atoms with Crippen LogP contribution < -0.4 is 15.6 Å². The molecule has 0 spiro atoms. The predicted molar refractivity (Wildman–Crippen MR) is 137 cm³/mol. The Kier molecular flexibility index (Phi) is 10.3. The first-order chi connectivity index (χ1) is 19.0. The third-order valence-electron chi connectivity index (χ3n) is 5.89. The Balaban J connectivity index is 1.86. The molecule has 1 aromatic heterocycles. The first-order valence-corrected chi connectivity index (χ1v) is 12.6. The second-order valence-corrected chi connectivity index (χ2v) is 9.16. The van der Waals surface area contributed by atoms with Gasteiger partial charge in [-0.1, -0.05) is 31.5 Å². The highest BCUT2D eigenvalue weighted by Gasteiger charge is 2.30. The molecule has 1 N–H and O–H groups in total. The molecule has 1 amide bonds. The van der Waals surface area contributed by atoms with E-state index < -0.39 is 77.3 Å². The quantitative estimate of drug-likeness (QED) is 0.189. The Hall–Kier alpha value is -3.93. The van der Waals surface area contributed by atoms with Crippen molar-refractivity contribution >= 4 is 40.0 Å². The number of halogens is 5. The number of carbonyl (C=O) groups is 3. The summed E-state index contributed by atoms with van der Waals surface area (Å²) < 4.78 is 65.8. The number of amides is 1. The Bertz CT molecular complexity index is 1470. The molecule has 13 heteroatoms. The number of ketones is 1. The molecule has 0 bridgehead atoms. The van der Waals surface area contributed by atoms with E-state index >= 15 is 0 Å². The molecular formula is C27H25ClF4N2O6. The van der Waals surface area contributed by atoms with E-state index in [1.807, 2.05) is 0 Å². The van der Waals surface area contributed by atoms with Gasteiger partial charge >= 0.3 is 5.97 Å². The van der Waals surface area contributed by atoms with Gasteiger partial charge in [0, 0.05) is 22.7 Å². The number of nitrogens with one attached hydrogen (secondary N) is 1. The van der Waals surface area contributed by atoms with Crippen LogP contribution in [-0.4, -0.2) is 41.5 Å². The molecule has 3 rings (SSSR count). The Morgan fingerprint density at radius 3 is 2.33 bits per heavy atom. The summed E-state index contributed by atoms with van der Waals surface area (Å²) >= 11 is 6.01. The van der Waals surface area contributed by atoms with Crippen LogP contribution in [0.2, 0.25) is 5.02 Å². The molecular weight excluding hydrogens is 560 g/mol. The van der Waals surface area contributed by atoms with Crippen molar-refractivity contribution in [2.75, 3.05) is 13.2 Å². The lowest BCUT2D eigenvalue weighted by atomic mass is 10.1. The summed E-state index contributed by atoms with van der Waals surface area (Å²) in [6, 6.07) is 3.50. The Morgan fingerprint density at radius 2 is 1.70 bits per heavy atom. The summed E-state index contributed by atoms with van der Waals surface area (Å²) in [5, 5.41) is 3.49. The van der Waals surface area contributed by atoms with Crippen molar-refractivity contribution in [1.29, 1.82) is 0 Å². The fourth-order valence-corrected chi connectivity index (χ4v) is 4.03. The van der Waals surface area contributed by atoms with Crippen LogP contribution in [0.25, 0.3) is 10.8 Å². The van der Waals surface area contributed by atoms with E-state index in [1.165, 1.54) is 12.3 Å². The molecule has 2 aromatic carbocycles. The van der Waals surface area contributed by atoms with Crippen molar-refractivity contribution in [1.82, 2.24) is 9.88 Å². The number of benzene rings is 2. The van der Waals surface area contributed by atoms with Gasteiger partial charge in [0.25, 0.3) is 5.56 Å². The molecule has 0 radical (unpaired) electrons. The van der Waals surface area contributed by atoms with Crippen LogP contribution in [0.1, 0.15) is 39.2 Å². The van der Waals surface area contributed by atoms with Crippen LogP contribution in [0.3, 0.4) is 0 Å². The summed E-state index contributed by atoms with van der Waals surface area (Å²) in [5.41, 5.74) is -0.533. The maximum atomic E-state index is 14.0. The standard InChI is InChI=1S/C27H25ClF4N2O6/c1-3-9-39-22(36)12-19(21(35)13-40-25-23(31)17(29)11-18(30)24(25)32)33-26(37)20(4-2)34-8-7-14-5-6-15(28)10-16(14)27(34)38/h5-8,10-11,19-20H,3-4,9,12-13H2,1-2H3,(H,33,37). The van der Waals surface area contributed by atoms with Crippen LogP contribution in [0.15, 0.2) is 41.3 Å². The first kappa shape index (κ1) is 30.6. The third kappa shape index (κ3) is 6.98. The molecule has 3 aromatic rings. The van der Waals surface area contributed by atoms with Crippen molar-refractivity contribution in [3.63, 3.8) is 0 Å². The minimum Gasteiger partial charge on any atom is -0.479 e. The lowest BCUT2D eigenvalue weighted by Crippen LogP contribution is -2.48. The first-order valence-electron chi connectivity index (χ1n) is 12.2. The number of carbonyl (C=O) groups excluding carboxylic acids is 3. The minimum absolute atomic E-state index is 0.0236. The third-order valence-corrected chi connectivity index (χ3v) is 6.13. The molecule has 2 atom stereocenters. The van der Waals surface area contributed by atoms with E-state index in [9.17, 15) is 36.7 Å². The largest absolute Gasteiger partial charge is 0.479 e. The van der Waals surface area contributed by atoms with E-state index in [4.69, 9.17) is 21.1 Å². The SMILES string of the molecule is CCCOC(=O)CC(NC(=O)C(CC)n1ccc2ccc(Cl)cc2c1=O)C(=O)COc1c(F)c(F)cc(F)c1F. The maximum absolute atomic E-state index is 14.0. The van der Waals surface area contributed by atoms with Crippen LogP contribution in [0, 0.1) is 23.3 Å². The lowest BCUT2D eigenvalue weighted by Gasteiger charge is -2.23. The smallest absolute Gasteiger partial charge is 0.308 e. The average Bonchev–Trinajstić information content (AvgIpc) is 2.92. The fraction of sp³-hybridized carbons (Fsp3) is 0.333. The molecule has 0 fully saturated rings. The lowest BCUT2D eigenvalue weighted by molar-refractivity contribution is -0.146. The van der Waals surface area contributed by atoms with Gasteiger partial charge in [-0.15, -0.1) is 0 Å². The number of ether oxygens (including phenoxy) is 2. The van der Waals surface area contributed by atoms with E-state index in [2.05, 4.69) is 5.32 Å². The predicted octanol–water partition coefficient (Wildman–Crippen LogP) is 4.64. The van der Waals surface area contributed by atoms with Crippen LogP contribution >= 0.6 is 11.6 Å². The highest BCUT2D eigenvalue weighted by Crippen LogP contribution is 2.26. The summed E-state index contributed by atoms with van der Waals surface area (Å²) in [6.07, 6.45) is 1.27. The topological polar surface area (TPSA) is 104 Å². The molecule has 0 saturated heterocycles. The monoisotopic (exact) mass is 584 g/mol. The number of hydrogen-bond donors (Lipinski definition) is 1. The molecule has 2 unspecified atom stereocenters. The Labute approximate surface area is 230 Å². The van der Waals surface area contributed by atoms with E-state index in [0.717, 1.165) is 4.57 Å². The van der Waals surface area contributed by atoms with Gasteiger partial charge in [-0.3, -0.25) is 19.2 Å². The summed E-state index contributed by atoms with van der Waals surface area (Å²) in [7, 11) is 0. The van der Waals surface area contributed by atoms with Crippen LogP contribution in [0.5, 0.6) is 5.75 Å². The number of fused-ring (bicyclic) bond motifs is 1. The zero-order valence-electron chi connectivity index (χ0n) is 21.4. The molecule has 1 heterocycles. The van der Waals surface area contributed by atoms with E-state index in [1.54, 1.807) is 32.0 Å². The minimum atomic E-state index is -1.86. The second kappa shape index (κ2) is 13.4. The normalized spacial score (nSPS) is 12.6. The summed E-state index contributed by atoms with van der Waals surface area (Å²) in [4.78, 5) is 51.5. The Morgan fingerprint density at radius 1 is 1.02 bits per heavy atom. The van der Waals surface area contributed by atoms with Crippen molar-refractivity contribution in [2.45, 2.75) is 45.2 Å². The highest BCUT2D eigenvalue weighted by molar-refractivity contribution is 6.31. The van der Waals surface area contributed by atoms with Gasteiger partial charge in [-0.2, -0.15) is 8.78 Å². The van der Waals surface area contributed by atoms with Gasteiger partial charge in [0.1, 0.15) is 18.7 Å². The van der Waals surface area contributed by atoms with Crippen molar-refractivity contribution in [3.05, 3.63) is 75.2 Å². The van der Waals surface area contributed by atoms with Gasteiger partial charge in [0.15, 0.2) is 23.2 Å². The van der Waals surface area contributed by atoms with Crippen molar-refractivity contribution in [2.24, 2.45) is 0 Å². The van der Waals surface area contributed by atoms with Gasteiger partial charge in [0.2, 0.25) is 17.5 Å². The highest BCUT2D eigenvalue weighted by atomic mass is 35.5. The number of esters is 1. The molecule has 8 nitrogen and oxygen atoms in total. The fourth-order valence-electron chi connectivity index (χ4n) is 3.86. The van der Waals surface area contributed by atoms with E-state index in [-0.39, 0.29) is 24.5 Å². The zero-order chi connectivity index (χ0) is 29.6. The zero-order valence-corrected chi connectivity index (χ0v) is 22.2. The number of Topliss-reactive ketones (excluding diaryl/α,β-unsaturated/α-hetero) is 1. The molecule has 0 aliphatic rings. The molecule has 0 aliphatic carbocycles.